The average Bonchev–Trinajstić information content (AvgIpc) is 3.64. The topological polar surface area (TPSA) is 121 Å². The maximum atomic E-state index is 14.8. The average molecular weight is 711 g/mol. The minimum absolute atomic E-state index is 0.00505. The fourth-order valence-corrected chi connectivity index (χ4v) is 10.8. The van der Waals surface area contributed by atoms with Crippen LogP contribution in [0.3, 0.4) is 0 Å². The Balaban J connectivity index is 1.31. The molecule has 12 heteroatoms. The Morgan fingerprint density at radius 3 is 2.70 bits per heavy atom. The molecule has 2 fully saturated rings. The van der Waals surface area contributed by atoms with E-state index in [4.69, 9.17) is 4.74 Å². The lowest BCUT2D eigenvalue weighted by Crippen LogP contribution is -2.46. The normalized spacial score (nSPS) is 25.3. The lowest BCUT2D eigenvalue weighted by Gasteiger charge is -2.32. The highest BCUT2D eigenvalue weighted by molar-refractivity contribution is 9.10. The Morgan fingerprint density at radius 1 is 1.11 bits per heavy atom. The molecule has 2 amide bonds. The Kier molecular flexibility index (Phi) is 9.55. The molecule has 0 bridgehead atoms. The summed E-state index contributed by atoms with van der Waals surface area (Å²) in [7, 11) is -2.81. The largest absolute Gasteiger partial charge is 0.432 e. The van der Waals surface area contributed by atoms with Crippen molar-refractivity contribution in [1.82, 2.24) is 15.0 Å². The van der Waals surface area contributed by atoms with Crippen molar-refractivity contribution < 1.29 is 24.2 Å². The van der Waals surface area contributed by atoms with Gasteiger partial charge in [0.2, 0.25) is 5.91 Å². The first-order valence-corrected chi connectivity index (χ1v) is 20.3. The molecule has 246 valence electrons. The molecule has 2 N–H and O–H groups in total. The first-order chi connectivity index (χ1) is 22.0. The molecule has 4 heterocycles. The van der Waals surface area contributed by atoms with Crippen LogP contribution in [-0.4, -0.2) is 64.3 Å². The smallest absolute Gasteiger partial charge is 0.264 e. The van der Waals surface area contributed by atoms with E-state index in [2.05, 4.69) is 26.2 Å². The zero-order valence-electron chi connectivity index (χ0n) is 26.9. The molecule has 0 saturated carbocycles. The second-order valence-corrected chi connectivity index (χ2v) is 18.4. The molecule has 4 atom stereocenters. The molecule has 46 heavy (non-hydrogen) atoms. The van der Waals surface area contributed by atoms with Gasteiger partial charge in [0.1, 0.15) is 0 Å². The lowest BCUT2D eigenvalue weighted by molar-refractivity contribution is -0.146. The van der Waals surface area contributed by atoms with Gasteiger partial charge in [0, 0.05) is 65.9 Å². The number of carbonyl (C=O) groups excluding carboxylic acids is 2. The summed E-state index contributed by atoms with van der Waals surface area (Å²) in [6.07, 6.45) is 7.12. The fourth-order valence-electron chi connectivity index (χ4n) is 7.85. The van der Waals surface area contributed by atoms with E-state index >= 15 is 0 Å². The number of aliphatic hydroxyl groups excluding tert-OH is 1. The number of carbonyl (C=O) groups is 2. The number of halogens is 1. The number of amides is 2. The molecule has 0 aliphatic carbocycles. The second kappa shape index (κ2) is 13.3. The van der Waals surface area contributed by atoms with Crippen molar-refractivity contribution in [2.45, 2.75) is 95.3 Å². The number of hydrogen-bond acceptors (Lipinski definition) is 7. The third-order valence-electron chi connectivity index (χ3n) is 9.93. The van der Waals surface area contributed by atoms with Crippen molar-refractivity contribution in [2.24, 2.45) is 5.92 Å². The van der Waals surface area contributed by atoms with E-state index in [9.17, 15) is 19.5 Å². The highest BCUT2D eigenvalue weighted by atomic mass is 79.9. The zero-order chi connectivity index (χ0) is 32.6. The second-order valence-electron chi connectivity index (χ2n) is 13.5. The van der Waals surface area contributed by atoms with Crippen molar-refractivity contribution in [3.63, 3.8) is 0 Å². The van der Waals surface area contributed by atoms with E-state index in [1.807, 2.05) is 78.5 Å². The van der Waals surface area contributed by atoms with Crippen LogP contribution in [0, 0.1) is 5.92 Å². The molecular formula is C34H44BrN5O5Si. The molecule has 3 aromatic rings. The number of rotatable bonds is 9. The van der Waals surface area contributed by atoms with Crippen LogP contribution in [0.5, 0.6) is 0 Å². The zero-order valence-corrected chi connectivity index (χ0v) is 29.4. The number of nitrogens with zero attached hydrogens (tertiary/aromatic N) is 5. The van der Waals surface area contributed by atoms with Crippen molar-refractivity contribution >= 4 is 47.4 Å². The summed E-state index contributed by atoms with van der Waals surface area (Å²) in [5, 5.41) is 17.6. The first kappa shape index (κ1) is 33.0. The van der Waals surface area contributed by atoms with Crippen LogP contribution in [0.1, 0.15) is 62.3 Å². The van der Waals surface area contributed by atoms with E-state index < -0.39 is 13.9 Å². The number of aliphatic hydroxyl groups is 1. The lowest BCUT2D eigenvalue weighted by atomic mass is 9.82. The van der Waals surface area contributed by atoms with Crippen molar-refractivity contribution in [3.8, 4) is 0 Å². The minimum Gasteiger partial charge on any atom is -0.432 e. The molecule has 0 radical (unpaired) electrons. The molecule has 0 unspecified atom stereocenters. The van der Waals surface area contributed by atoms with Crippen LogP contribution in [0.15, 0.2) is 53.1 Å². The van der Waals surface area contributed by atoms with Gasteiger partial charge < -0.3 is 24.4 Å². The number of hydrogen-bond donors (Lipinski definition) is 2. The maximum Gasteiger partial charge on any atom is 0.264 e. The highest BCUT2D eigenvalue weighted by Crippen LogP contribution is 2.60. The number of aryl methyl sites for hydroxylation is 1. The quantitative estimate of drug-likeness (QED) is 0.289. The van der Waals surface area contributed by atoms with Crippen molar-refractivity contribution in [2.75, 3.05) is 23.0 Å². The van der Waals surface area contributed by atoms with E-state index in [1.54, 1.807) is 4.68 Å². The highest BCUT2D eigenvalue weighted by Gasteiger charge is 2.66. The van der Waals surface area contributed by atoms with Crippen LogP contribution in [0.4, 0.5) is 11.4 Å². The Bertz CT molecular complexity index is 1590. The third kappa shape index (κ3) is 6.22. The molecule has 1 aromatic heterocycles. The summed E-state index contributed by atoms with van der Waals surface area (Å²) in [6, 6.07) is 13.9. The van der Waals surface area contributed by atoms with Crippen molar-refractivity contribution in [3.05, 3.63) is 70.0 Å². The molecule has 2 aromatic carbocycles. The van der Waals surface area contributed by atoms with Gasteiger partial charge in [0.15, 0.2) is 13.9 Å². The summed E-state index contributed by atoms with van der Waals surface area (Å²) in [6.45, 7) is 7.46. The van der Waals surface area contributed by atoms with Gasteiger partial charge in [-0.25, -0.2) is 0 Å². The Labute approximate surface area is 280 Å². The standard InChI is InChI=1S/C34H44BrN5O5Si/c1-23-32(46(2,3)44)30(14-17-38-22-26(15-18-41)36-37-38)45-34(23)28-20-25(35)12-13-29(28)40(33(34)43)21-24-9-8-10-27(19-24)39-16-7-5-4-6-11-31(39)42/h8-10,12-13,19-20,22-23,30,32,41,44H,4-7,11,14-18,21H2,1-3H3/t23-,30+,32-,34+/m1/s1. The summed E-state index contributed by atoms with van der Waals surface area (Å²) in [4.78, 5) is 43.1. The molecule has 3 aliphatic heterocycles. The predicted octanol–water partition coefficient (Wildman–Crippen LogP) is 5.31. The van der Waals surface area contributed by atoms with Gasteiger partial charge in [0.25, 0.3) is 5.91 Å². The van der Waals surface area contributed by atoms with E-state index in [-0.39, 0.29) is 36.0 Å². The molecule has 3 aliphatic rings. The number of aromatic nitrogens is 3. The number of benzene rings is 2. The van der Waals surface area contributed by atoms with E-state index in [0.717, 1.165) is 52.7 Å². The van der Waals surface area contributed by atoms with Gasteiger partial charge in [-0.15, -0.1) is 5.10 Å². The third-order valence-corrected chi connectivity index (χ3v) is 12.9. The predicted molar refractivity (Wildman–Crippen MR) is 182 cm³/mol. The van der Waals surface area contributed by atoms with Crippen LogP contribution in [-0.2, 0) is 39.4 Å². The van der Waals surface area contributed by atoms with Gasteiger partial charge in [-0.1, -0.05) is 53.0 Å². The van der Waals surface area contributed by atoms with Gasteiger partial charge in [-0.2, -0.15) is 0 Å². The first-order valence-electron chi connectivity index (χ1n) is 16.4. The van der Waals surface area contributed by atoms with Crippen LogP contribution in [0.2, 0.25) is 18.6 Å². The molecule has 2 saturated heterocycles. The summed E-state index contributed by atoms with van der Waals surface area (Å²) >= 11 is 3.64. The SMILES string of the molecule is C[C@@H]1[C@@H]([Si](C)(C)O)[C@H](CCn2cc(CCO)nn2)O[C@@]12C(=O)N(Cc1cccc(N3CCCCCCC3=O)c1)c1ccc(Br)cc12. The fraction of sp³-hybridized carbons (Fsp3) is 0.529. The maximum absolute atomic E-state index is 14.8. The van der Waals surface area contributed by atoms with E-state index in [0.29, 0.717) is 44.6 Å². The molecule has 10 nitrogen and oxygen atoms in total. The van der Waals surface area contributed by atoms with Crippen molar-refractivity contribution in [1.29, 1.82) is 0 Å². The Hall–Kier alpha value is -2.90. The molecule has 1 spiro atoms. The van der Waals surface area contributed by atoms with Crippen LogP contribution in [0.25, 0.3) is 0 Å². The van der Waals surface area contributed by atoms with Gasteiger partial charge >= 0.3 is 0 Å². The molecule has 6 rings (SSSR count). The molecular weight excluding hydrogens is 666 g/mol. The number of fused-ring (bicyclic) bond motifs is 2. The van der Waals surface area contributed by atoms with Gasteiger partial charge in [-0.05, 0) is 68.3 Å². The van der Waals surface area contributed by atoms with Crippen LogP contribution >= 0.6 is 15.9 Å². The monoisotopic (exact) mass is 709 g/mol. The minimum atomic E-state index is -2.81. The number of anilines is 2. The number of ether oxygens (including phenoxy) is 1. The van der Waals surface area contributed by atoms with Crippen LogP contribution < -0.4 is 9.80 Å². The van der Waals surface area contributed by atoms with Gasteiger partial charge in [-0.3, -0.25) is 14.3 Å². The Morgan fingerprint density at radius 2 is 1.91 bits per heavy atom. The van der Waals surface area contributed by atoms with E-state index in [1.165, 1.54) is 0 Å². The summed E-state index contributed by atoms with van der Waals surface area (Å²) < 4.78 is 9.56. The summed E-state index contributed by atoms with van der Waals surface area (Å²) in [5.41, 5.74) is 2.68. The van der Waals surface area contributed by atoms with Gasteiger partial charge in [0.05, 0.1) is 24.0 Å². The summed E-state index contributed by atoms with van der Waals surface area (Å²) in [5.74, 6) is -0.252.